The van der Waals surface area contributed by atoms with E-state index >= 15 is 0 Å². The average Bonchev–Trinajstić information content (AvgIpc) is 2.52. The molecule has 1 amide bonds. The Kier molecular flexibility index (Phi) is 6.16. The number of carbonyl (C=O) groups is 1. The lowest BCUT2D eigenvalue weighted by Gasteiger charge is -2.13. The van der Waals surface area contributed by atoms with E-state index in [4.69, 9.17) is 17.0 Å². The maximum absolute atomic E-state index is 11.9. The standard InChI is InChI=1S/C17H17BrN2O3S/c1-10-7-14(15(21)8-11(10)2)19-17(24)20-16(22)9-23-13-5-3-12(18)4-6-13/h3-8,21H,9H2,1-2H3,(H2,19,20,22,24). The number of ether oxygens (including phenoxy) is 1. The lowest BCUT2D eigenvalue weighted by Crippen LogP contribution is -2.37. The van der Waals surface area contributed by atoms with Crippen LogP contribution in [0.1, 0.15) is 11.1 Å². The first-order valence-electron chi connectivity index (χ1n) is 7.14. The van der Waals surface area contributed by atoms with E-state index in [9.17, 15) is 9.90 Å². The number of benzene rings is 2. The van der Waals surface area contributed by atoms with Gasteiger partial charge in [0, 0.05) is 4.47 Å². The third-order valence-corrected chi connectivity index (χ3v) is 4.03. The minimum absolute atomic E-state index is 0.0702. The van der Waals surface area contributed by atoms with Gasteiger partial charge in [-0.2, -0.15) is 0 Å². The van der Waals surface area contributed by atoms with Gasteiger partial charge in [-0.1, -0.05) is 15.9 Å². The van der Waals surface area contributed by atoms with Crippen molar-refractivity contribution >= 4 is 44.9 Å². The number of phenolic OH excluding ortho intramolecular Hbond substituents is 1. The van der Waals surface area contributed by atoms with Crippen molar-refractivity contribution in [2.75, 3.05) is 11.9 Å². The summed E-state index contributed by atoms with van der Waals surface area (Å²) in [6.45, 7) is 3.66. The highest BCUT2D eigenvalue weighted by Crippen LogP contribution is 2.26. The highest BCUT2D eigenvalue weighted by Gasteiger charge is 2.09. The second kappa shape index (κ2) is 8.12. The van der Waals surface area contributed by atoms with Crippen molar-refractivity contribution in [2.45, 2.75) is 13.8 Å². The van der Waals surface area contributed by atoms with E-state index in [0.717, 1.165) is 15.6 Å². The van der Waals surface area contributed by atoms with E-state index in [1.165, 1.54) is 0 Å². The molecular formula is C17H17BrN2O3S. The zero-order chi connectivity index (χ0) is 17.7. The van der Waals surface area contributed by atoms with E-state index in [1.54, 1.807) is 24.3 Å². The summed E-state index contributed by atoms with van der Waals surface area (Å²) in [6, 6.07) is 10.5. The van der Waals surface area contributed by atoms with Gasteiger partial charge < -0.3 is 15.2 Å². The minimum Gasteiger partial charge on any atom is -0.506 e. The monoisotopic (exact) mass is 408 g/mol. The fraction of sp³-hybridized carbons (Fsp3) is 0.176. The first kappa shape index (κ1) is 18.2. The van der Waals surface area contributed by atoms with E-state index in [-0.39, 0.29) is 17.5 Å². The van der Waals surface area contributed by atoms with Gasteiger partial charge in [-0.05, 0) is 73.6 Å². The number of hydrogen-bond acceptors (Lipinski definition) is 4. The number of aromatic hydroxyl groups is 1. The van der Waals surface area contributed by atoms with Crippen molar-refractivity contribution < 1.29 is 14.6 Å². The Morgan fingerprint density at radius 2 is 1.83 bits per heavy atom. The van der Waals surface area contributed by atoms with Crippen LogP contribution in [-0.2, 0) is 4.79 Å². The van der Waals surface area contributed by atoms with Crippen LogP contribution in [0.4, 0.5) is 5.69 Å². The molecule has 0 fully saturated rings. The van der Waals surface area contributed by atoms with Crippen LogP contribution < -0.4 is 15.4 Å². The van der Waals surface area contributed by atoms with Crippen LogP contribution >= 0.6 is 28.1 Å². The molecule has 7 heteroatoms. The lowest BCUT2D eigenvalue weighted by atomic mass is 10.1. The molecule has 2 aromatic carbocycles. The summed E-state index contributed by atoms with van der Waals surface area (Å²) in [5.41, 5.74) is 2.41. The third-order valence-electron chi connectivity index (χ3n) is 3.30. The molecule has 0 spiro atoms. The lowest BCUT2D eigenvalue weighted by molar-refractivity contribution is -0.121. The topological polar surface area (TPSA) is 70.6 Å². The predicted octanol–water partition coefficient (Wildman–Crippen LogP) is 3.66. The van der Waals surface area contributed by atoms with Crippen molar-refractivity contribution in [3.05, 3.63) is 52.0 Å². The molecule has 0 saturated heterocycles. The number of halogens is 1. The maximum atomic E-state index is 11.9. The molecule has 0 aliphatic heterocycles. The number of rotatable bonds is 4. The average molecular weight is 409 g/mol. The number of phenols is 1. The molecule has 5 nitrogen and oxygen atoms in total. The van der Waals surface area contributed by atoms with E-state index in [2.05, 4.69) is 26.6 Å². The van der Waals surface area contributed by atoms with Gasteiger partial charge in [0.05, 0.1) is 5.69 Å². The smallest absolute Gasteiger partial charge is 0.264 e. The largest absolute Gasteiger partial charge is 0.506 e. The zero-order valence-electron chi connectivity index (χ0n) is 13.2. The summed E-state index contributed by atoms with van der Waals surface area (Å²) in [7, 11) is 0. The van der Waals surface area contributed by atoms with Crippen LogP contribution in [0.25, 0.3) is 0 Å². The molecule has 0 aromatic heterocycles. The van der Waals surface area contributed by atoms with E-state index in [0.29, 0.717) is 11.4 Å². The van der Waals surface area contributed by atoms with E-state index in [1.807, 2.05) is 26.0 Å². The molecule has 2 aromatic rings. The second-order valence-corrected chi connectivity index (χ2v) is 6.52. The molecule has 0 bridgehead atoms. The molecule has 3 N–H and O–H groups in total. The van der Waals surface area contributed by atoms with Crippen LogP contribution in [0.15, 0.2) is 40.9 Å². The molecule has 0 heterocycles. The summed E-state index contributed by atoms with van der Waals surface area (Å²) >= 11 is 8.40. The van der Waals surface area contributed by atoms with Crippen molar-refractivity contribution in [1.82, 2.24) is 5.32 Å². The molecule has 0 aliphatic rings. The van der Waals surface area contributed by atoms with Crippen molar-refractivity contribution in [3.8, 4) is 11.5 Å². The molecule has 0 radical (unpaired) electrons. The van der Waals surface area contributed by atoms with Crippen LogP contribution in [0.5, 0.6) is 11.5 Å². The number of anilines is 1. The maximum Gasteiger partial charge on any atom is 0.264 e. The van der Waals surface area contributed by atoms with Crippen molar-refractivity contribution in [2.24, 2.45) is 0 Å². The number of thiocarbonyl (C=S) groups is 1. The van der Waals surface area contributed by atoms with Gasteiger partial charge in [-0.15, -0.1) is 0 Å². The second-order valence-electron chi connectivity index (χ2n) is 5.20. The Balaban J connectivity index is 1.86. The van der Waals surface area contributed by atoms with Crippen LogP contribution in [0.2, 0.25) is 0 Å². The fourth-order valence-corrected chi connectivity index (χ4v) is 2.39. The van der Waals surface area contributed by atoms with Gasteiger partial charge in [0.25, 0.3) is 5.91 Å². The summed E-state index contributed by atoms with van der Waals surface area (Å²) in [6.07, 6.45) is 0. The minimum atomic E-state index is -0.390. The Labute approximate surface area is 154 Å². The molecular weight excluding hydrogens is 392 g/mol. The quantitative estimate of drug-likeness (QED) is 0.531. The van der Waals surface area contributed by atoms with Crippen molar-refractivity contribution in [1.29, 1.82) is 0 Å². The Hall–Kier alpha value is -2.12. The van der Waals surface area contributed by atoms with Gasteiger partial charge in [-0.3, -0.25) is 10.1 Å². The summed E-state index contributed by atoms with van der Waals surface area (Å²) < 4.78 is 6.29. The van der Waals surface area contributed by atoms with E-state index < -0.39 is 5.91 Å². The number of amides is 1. The Morgan fingerprint density at radius 3 is 2.50 bits per heavy atom. The number of nitrogens with one attached hydrogen (secondary N) is 2. The number of hydrogen-bond donors (Lipinski definition) is 3. The van der Waals surface area contributed by atoms with Crippen LogP contribution in [-0.4, -0.2) is 22.7 Å². The Morgan fingerprint density at radius 1 is 1.21 bits per heavy atom. The normalized spacial score (nSPS) is 10.1. The number of carbonyl (C=O) groups excluding carboxylic acids is 1. The molecule has 126 valence electrons. The molecule has 0 aliphatic carbocycles. The SMILES string of the molecule is Cc1cc(O)c(NC(=S)NC(=O)COc2ccc(Br)cc2)cc1C. The summed E-state index contributed by atoms with van der Waals surface area (Å²) in [4.78, 5) is 11.9. The predicted molar refractivity (Wildman–Crippen MR) is 102 cm³/mol. The fourth-order valence-electron chi connectivity index (χ4n) is 1.90. The van der Waals surface area contributed by atoms with Crippen LogP contribution in [0, 0.1) is 13.8 Å². The van der Waals surface area contributed by atoms with Gasteiger partial charge in [0.1, 0.15) is 11.5 Å². The molecule has 0 atom stereocenters. The first-order valence-corrected chi connectivity index (χ1v) is 8.34. The Bertz CT molecular complexity index is 763. The summed E-state index contributed by atoms with van der Waals surface area (Å²) in [5.74, 6) is 0.263. The third kappa shape index (κ3) is 5.21. The summed E-state index contributed by atoms with van der Waals surface area (Å²) in [5, 5.41) is 15.3. The zero-order valence-corrected chi connectivity index (χ0v) is 15.6. The number of aryl methyl sites for hydroxylation is 2. The van der Waals surface area contributed by atoms with Crippen LogP contribution in [0.3, 0.4) is 0 Å². The van der Waals surface area contributed by atoms with Gasteiger partial charge in [0.2, 0.25) is 0 Å². The van der Waals surface area contributed by atoms with Crippen molar-refractivity contribution in [3.63, 3.8) is 0 Å². The molecule has 0 unspecified atom stereocenters. The first-order chi connectivity index (χ1) is 11.3. The highest BCUT2D eigenvalue weighted by atomic mass is 79.9. The molecule has 0 saturated carbocycles. The van der Waals surface area contributed by atoms with Gasteiger partial charge in [0.15, 0.2) is 11.7 Å². The van der Waals surface area contributed by atoms with Gasteiger partial charge in [-0.25, -0.2) is 0 Å². The molecule has 24 heavy (non-hydrogen) atoms. The highest BCUT2D eigenvalue weighted by molar-refractivity contribution is 9.10. The van der Waals surface area contributed by atoms with Gasteiger partial charge >= 0.3 is 0 Å². The molecule has 2 rings (SSSR count).